The lowest BCUT2D eigenvalue weighted by Gasteiger charge is -1.90. The summed E-state index contributed by atoms with van der Waals surface area (Å²) in [5.41, 5.74) is 6.31. The molecule has 2 heteroatoms. The zero-order valence-electron chi connectivity index (χ0n) is 8.17. The van der Waals surface area contributed by atoms with Crippen LogP contribution in [0, 0.1) is 6.92 Å². The topological polar surface area (TPSA) is 38.9 Å². The summed E-state index contributed by atoms with van der Waals surface area (Å²) in [6, 6.07) is 5.57. The van der Waals surface area contributed by atoms with E-state index in [9.17, 15) is 0 Å². The van der Waals surface area contributed by atoms with E-state index in [0.717, 1.165) is 5.69 Å². The Kier molecular flexibility index (Phi) is 10.7. The first-order valence-electron chi connectivity index (χ1n) is 3.98. The SMILES string of the molecule is C=C.CC.Cc1cccc(N)n1. The fourth-order valence-corrected chi connectivity index (χ4v) is 0.564. The third kappa shape index (κ3) is 6.81. The Morgan fingerprint density at radius 2 is 1.75 bits per heavy atom. The van der Waals surface area contributed by atoms with Crippen LogP contribution in [0.15, 0.2) is 31.4 Å². The van der Waals surface area contributed by atoms with Crippen molar-refractivity contribution in [1.82, 2.24) is 4.98 Å². The minimum absolute atomic E-state index is 0.588. The van der Waals surface area contributed by atoms with E-state index in [1.807, 2.05) is 32.9 Å². The molecule has 0 aliphatic carbocycles. The number of anilines is 1. The Morgan fingerprint density at radius 1 is 1.25 bits per heavy atom. The first kappa shape index (κ1) is 13.3. The van der Waals surface area contributed by atoms with Gasteiger partial charge >= 0.3 is 0 Å². The number of aromatic nitrogens is 1. The smallest absolute Gasteiger partial charge is 0.123 e. The minimum atomic E-state index is 0.588. The molecule has 1 heterocycles. The van der Waals surface area contributed by atoms with E-state index >= 15 is 0 Å². The number of nitrogens with zero attached hydrogens (tertiary/aromatic N) is 1. The lowest BCUT2D eigenvalue weighted by Crippen LogP contribution is -1.89. The summed E-state index contributed by atoms with van der Waals surface area (Å²) >= 11 is 0. The molecule has 0 unspecified atom stereocenters. The van der Waals surface area contributed by atoms with Gasteiger partial charge in [0.15, 0.2) is 0 Å². The predicted octanol–water partition coefficient (Wildman–Crippen LogP) is 2.80. The second-order valence-electron chi connectivity index (χ2n) is 1.70. The molecule has 0 saturated carbocycles. The fraction of sp³-hybridized carbons (Fsp3) is 0.300. The highest BCUT2D eigenvalue weighted by Gasteiger charge is 1.82. The molecule has 1 aromatic heterocycles. The monoisotopic (exact) mass is 166 g/mol. The summed E-state index contributed by atoms with van der Waals surface area (Å²) in [4.78, 5) is 3.95. The molecule has 2 nitrogen and oxygen atoms in total. The van der Waals surface area contributed by atoms with Gasteiger partial charge in [0.1, 0.15) is 5.82 Å². The van der Waals surface area contributed by atoms with Crippen molar-refractivity contribution >= 4 is 5.82 Å². The maximum Gasteiger partial charge on any atom is 0.123 e. The van der Waals surface area contributed by atoms with Crippen molar-refractivity contribution < 1.29 is 0 Å². The number of rotatable bonds is 0. The van der Waals surface area contributed by atoms with E-state index in [0.29, 0.717) is 5.82 Å². The maximum absolute atomic E-state index is 5.35. The second-order valence-corrected chi connectivity index (χ2v) is 1.70. The van der Waals surface area contributed by atoms with Gasteiger partial charge in [-0.1, -0.05) is 19.9 Å². The van der Waals surface area contributed by atoms with E-state index in [1.165, 1.54) is 0 Å². The van der Waals surface area contributed by atoms with Gasteiger partial charge in [0.25, 0.3) is 0 Å². The van der Waals surface area contributed by atoms with E-state index in [-0.39, 0.29) is 0 Å². The van der Waals surface area contributed by atoms with Crippen molar-refractivity contribution in [3.63, 3.8) is 0 Å². The quantitative estimate of drug-likeness (QED) is 0.602. The van der Waals surface area contributed by atoms with Crippen molar-refractivity contribution in [1.29, 1.82) is 0 Å². The molecule has 0 aliphatic heterocycles. The van der Waals surface area contributed by atoms with Crippen molar-refractivity contribution in [3.8, 4) is 0 Å². The van der Waals surface area contributed by atoms with Crippen LogP contribution in [0.4, 0.5) is 5.82 Å². The molecule has 0 fully saturated rings. The Labute approximate surface area is 75.1 Å². The van der Waals surface area contributed by atoms with Crippen molar-refractivity contribution in [2.45, 2.75) is 20.8 Å². The zero-order chi connectivity index (χ0) is 9.98. The number of nitrogen functional groups attached to an aromatic ring is 1. The standard InChI is InChI=1S/C6H8N2.C2H6.C2H4/c1-5-3-2-4-6(7)8-5;2*1-2/h2-4H,1H3,(H2,7,8);1-2H3;1-2H2. The largest absolute Gasteiger partial charge is 0.384 e. The van der Waals surface area contributed by atoms with E-state index in [2.05, 4.69) is 18.1 Å². The molecule has 12 heavy (non-hydrogen) atoms. The first-order valence-corrected chi connectivity index (χ1v) is 3.98. The average molecular weight is 166 g/mol. The molecule has 1 rings (SSSR count). The van der Waals surface area contributed by atoms with Crippen LogP contribution >= 0.6 is 0 Å². The van der Waals surface area contributed by atoms with Gasteiger partial charge < -0.3 is 5.73 Å². The Bertz CT molecular complexity index is 180. The second kappa shape index (κ2) is 9.69. The summed E-state index contributed by atoms with van der Waals surface area (Å²) in [5.74, 6) is 0.588. The highest BCUT2D eigenvalue weighted by Crippen LogP contribution is 1.96. The van der Waals surface area contributed by atoms with Crippen molar-refractivity contribution in [2.75, 3.05) is 5.73 Å². The van der Waals surface area contributed by atoms with Crippen LogP contribution in [0.2, 0.25) is 0 Å². The molecular weight excluding hydrogens is 148 g/mol. The molecule has 2 N–H and O–H groups in total. The van der Waals surface area contributed by atoms with Gasteiger partial charge in [-0.15, -0.1) is 13.2 Å². The molecule has 0 amide bonds. The van der Waals surface area contributed by atoms with Gasteiger partial charge in [0, 0.05) is 5.69 Å². The van der Waals surface area contributed by atoms with Gasteiger partial charge in [-0.05, 0) is 19.1 Å². The van der Waals surface area contributed by atoms with Crippen LogP contribution in [0.1, 0.15) is 19.5 Å². The van der Waals surface area contributed by atoms with Gasteiger partial charge in [-0.3, -0.25) is 0 Å². The average Bonchev–Trinajstić information content (AvgIpc) is 2.11. The lowest BCUT2D eigenvalue weighted by molar-refractivity contribution is 1.21. The van der Waals surface area contributed by atoms with Gasteiger partial charge in [-0.25, -0.2) is 4.98 Å². The molecule has 1 aromatic rings. The molecule has 0 atom stereocenters. The summed E-state index contributed by atoms with van der Waals surface area (Å²) in [6.07, 6.45) is 0. The van der Waals surface area contributed by atoms with Crippen LogP contribution < -0.4 is 5.73 Å². The number of nitrogens with two attached hydrogens (primary N) is 1. The molecule has 0 aromatic carbocycles. The summed E-state index contributed by atoms with van der Waals surface area (Å²) in [5, 5.41) is 0. The van der Waals surface area contributed by atoms with E-state index < -0.39 is 0 Å². The molecule has 0 saturated heterocycles. The van der Waals surface area contributed by atoms with Crippen LogP contribution in [0.25, 0.3) is 0 Å². The molecular formula is C10H18N2. The minimum Gasteiger partial charge on any atom is -0.384 e. The summed E-state index contributed by atoms with van der Waals surface area (Å²) in [7, 11) is 0. The summed E-state index contributed by atoms with van der Waals surface area (Å²) < 4.78 is 0. The predicted molar refractivity (Wildman–Crippen MR) is 56.0 cm³/mol. The third-order valence-corrected chi connectivity index (χ3v) is 0.910. The van der Waals surface area contributed by atoms with Crippen LogP contribution in [0.5, 0.6) is 0 Å². The number of aryl methyl sites for hydroxylation is 1. The lowest BCUT2D eigenvalue weighted by atomic mass is 10.4. The van der Waals surface area contributed by atoms with Crippen LogP contribution in [-0.4, -0.2) is 4.98 Å². The van der Waals surface area contributed by atoms with Gasteiger partial charge in [0.05, 0.1) is 0 Å². The Morgan fingerprint density at radius 3 is 2.00 bits per heavy atom. The van der Waals surface area contributed by atoms with Crippen LogP contribution in [0.3, 0.4) is 0 Å². The fourth-order valence-electron chi connectivity index (χ4n) is 0.564. The molecule has 0 bridgehead atoms. The molecule has 0 spiro atoms. The molecule has 68 valence electrons. The van der Waals surface area contributed by atoms with Gasteiger partial charge in [-0.2, -0.15) is 0 Å². The number of hydrogen-bond donors (Lipinski definition) is 1. The Hall–Kier alpha value is -1.31. The third-order valence-electron chi connectivity index (χ3n) is 0.910. The maximum atomic E-state index is 5.35. The number of hydrogen-bond acceptors (Lipinski definition) is 2. The van der Waals surface area contributed by atoms with E-state index in [1.54, 1.807) is 6.07 Å². The molecule has 0 aliphatic rings. The first-order chi connectivity index (χ1) is 5.79. The number of pyridine rings is 1. The summed E-state index contributed by atoms with van der Waals surface area (Å²) in [6.45, 7) is 11.9. The Balaban J connectivity index is 0. The van der Waals surface area contributed by atoms with Crippen molar-refractivity contribution in [3.05, 3.63) is 37.1 Å². The highest BCUT2D eigenvalue weighted by atomic mass is 14.8. The normalized spacial score (nSPS) is 6.92. The highest BCUT2D eigenvalue weighted by molar-refractivity contribution is 5.28. The van der Waals surface area contributed by atoms with Crippen molar-refractivity contribution in [2.24, 2.45) is 0 Å². The van der Waals surface area contributed by atoms with Gasteiger partial charge in [0.2, 0.25) is 0 Å². The molecule has 0 radical (unpaired) electrons. The zero-order valence-corrected chi connectivity index (χ0v) is 8.17. The van der Waals surface area contributed by atoms with E-state index in [4.69, 9.17) is 5.73 Å². The van der Waals surface area contributed by atoms with Crippen LogP contribution in [-0.2, 0) is 0 Å².